The van der Waals surface area contributed by atoms with Crippen LogP contribution < -0.4 is 5.32 Å². The number of rotatable bonds is 8. The molecule has 1 aliphatic rings. The van der Waals surface area contributed by atoms with Gasteiger partial charge in [0.05, 0.1) is 6.61 Å². The van der Waals surface area contributed by atoms with Gasteiger partial charge in [0, 0.05) is 32.6 Å². The molecule has 1 saturated heterocycles. The Morgan fingerprint density at radius 1 is 1.39 bits per heavy atom. The van der Waals surface area contributed by atoms with Crippen molar-refractivity contribution in [2.45, 2.75) is 53.4 Å². The van der Waals surface area contributed by atoms with Gasteiger partial charge < -0.3 is 15.0 Å². The number of nitrogens with zero attached hydrogens (tertiary/aromatic N) is 2. The van der Waals surface area contributed by atoms with Crippen molar-refractivity contribution < 1.29 is 9.53 Å². The van der Waals surface area contributed by atoms with Gasteiger partial charge >= 0.3 is 5.97 Å². The Bertz CT molecular complexity index is 362. The Hall–Kier alpha value is -0.530. The molecule has 1 unspecified atom stereocenters. The minimum atomic E-state index is -0.124. The predicted molar refractivity (Wildman–Crippen MR) is 106 cm³/mol. The van der Waals surface area contributed by atoms with Crippen molar-refractivity contribution in [2.24, 2.45) is 16.8 Å². The fraction of sp³-hybridized carbons (Fsp3) is 0.882. The molecule has 1 N–H and O–H groups in total. The van der Waals surface area contributed by atoms with Crippen molar-refractivity contribution >= 4 is 35.9 Å². The maximum absolute atomic E-state index is 11.3. The number of aliphatic imine (C=N–C) groups is 1. The molecule has 0 bridgehead atoms. The van der Waals surface area contributed by atoms with Crippen molar-refractivity contribution in [1.82, 2.24) is 10.2 Å². The maximum atomic E-state index is 11.3. The van der Waals surface area contributed by atoms with E-state index in [1.807, 2.05) is 6.92 Å². The second-order valence-corrected chi connectivity index (χ2v) is 6.37. The highest BCUT2D eigenvalue weighted by atomic mass is 127. The molecule has 6 heteroatoms. The summed E-state index contributed by atoms with van der Waals surface area (Å²) in [6, 6.07) is 0. The summed E-state index contributed by atoms with van der Waals surface area (Å²) < 4.78 is 4.93. The van der Waals surface area contributed by atoms with E-state index in [-0.39, 0.29) is 29.9 Å². The van der Waals surface area contributed by atoms with Crippen molar-refractivity contribution in [3.8, 4) is 0 Å². The highest BCUT2D eigenvalue weighted by Gasteiger charge is 2.25. The van der Waals surface area contributed by atoms with Crippen LogP contribution >= 0.6 is 24.0 Å². The van der Waals surface area contributed by atoms with Crippen LogP contribution in [0.4, 0.5) is 0 Å². The van der Waals surface area contributed by atoms with E-state index >= 15 is 0 Å². The van der Waals surface area contributed by atoms with Crippen LogP contribution in [0.5, 0.6) is 0 Å². The van der Waals surface area contributed by atoms with E-state index in [1.165, 1.54) is 12.8 Å². The summed E-state index contributed by atoms with van der Waals surface area (Å²) >= 11 is 0. The van der Waals surface area contributed by atoms with E-state index in [9.17, 15) is 4.79 Å². The number of halogens is 1. The summed E-state index contributed by atoms with van der Waals surface area (Å²) in [6.07, 6.45) is 3.74. The highest BCUT2D eigenvalue weighted by Crippen LogP contribution is 2.23. The molecule has 0 aromatic rings. The largest absolute Gasteiger partial charge is 0.466 e. The van der Waals surface area contributed by atoms with Crippen molar-refractivity contribution in [2.75, 3.05) is 32.8 Å². The summed E-state index contributed by atoms with van der Waals surface area (Å²) in [4.78, 5) is 18.3. The van der Waals surface area contributed by atoms with Gasteiger partial charge in [-0.1, -0.05) is 13.8 Å². The van der Waals surface area contributed by atoms with E-state index in [2.05, 4.69) is 36.0 Å². The van der Waals surface area contributed by atoms with Crippen molar-refractivity contribution in [1.29, 1.82) is 0 Å². The molecule has 5 nitrogen and oxygen atoms in total. The van der Waals surface area contributed by atoms with E-state index in [4.69, 9.17) is 4.74 Å². The maximum Gasteiger partial charge on any atom is 0.305 e. The lowest BCUT2D eigenvalue weighted by Gasteiger charge is -2.22. The molecule has 0 aromatic heterocycles. The van der Waals surface area contributed by atoms with Crippen molar-refractivity contribution in [3.05, 3.63) is 0 Å². The normalized spacial score (nSPS) is 18.0. The second-order valence-electron chi connectivity index (χ2n) is 6.37. The van der Waals surface area contributed by atoms with Crippen LogP contribution in [0.1, 0.15) is 53.4 Å². The molecular weight excluding hydrogens is 405 g/mol. The lowest BCUT2D eigenvalue weighted by atomic mass is 9.97. The Labute approximate surface area is 158 Å². The summed E-state index contributed by atoms with van der Waals surface area (Å²) in [5, 5.41) is 3.37. The first-order valence-electron chi connectivity index (χ1n) is 8.75. The molecular formula is C17H34IN3O2. The first kappa shape index (κ1) is 22.5. The van der Waals surface area contributed by atoms with Gasteiger partial charge in [0.2, 0.25) is 0 Å². The number of hydrogen-bond donors (Lipinski definition) is 1. The molecule has 0 aromatic carbocycles. The monoisotopic (exact) mass is 439 g/mol. The molecule has 0 saturated carbocycles. The average Bonchev–Trinajstić information content (AvgIpc) is 2.90. The number of esters is 1. The van der Waals surface area contributed by atoms with Gasteiger partial charge in [0.1, 0.15) is 0 Å². The molecule has 0 amide bonds. The van der Waals surface area contributed by atoms with Crippen LogP contribution in [0.3, 0.4) is 0 Å². The molecule has 0 spiro atoms. The SMILES string of the molecule is CCNC(=NCCCC(=O)OCC)N1CCC(CC(C)C)C1.I. The molecule has 23 heavy (non-hydrogen) atoms. The average molecular weight is 439 g/mol. The smallest absolute Gasteiger partial charge is 0.305 e. The standard InChI is InChI=1S/C17H33N3O2.HI/c1-5-18-17(19-10-7-8-16(21)22-6-2)20-11-9-15(13-20)12-14(3)4;/h14-15H,5-13H2,1-4H3,(H,18,19);1H. The van der Waals surface area contributed by atoms with Crippen LogP contribution in [0.15, 0.2) is 4.99 Å². The fourth-order valence-corrected chi connectivity index (χ4v) is 2.95. The van der Waals surface area contributed by atoms with Crippen LogP contribution in [0.25, 0.3) is 0 Å². The van der Waals surface area contributed by atoms with Gasteiger partial charge in [-0.25, -0.2) is 0 Å². The molecule has 136 valence electrons. The van der Waals surface area contributed by atoms with Gasteiger partial charge in [0.25, 0.3) is 0 Å². The highest BCUT2D eigenvalue weighted by molar-refractivity contribution is 14.0. The van der Waals surface area contributed by atoms with E-state index < -0.39 is 0 Å². The zero-order valence-electron chi connectivity index (χ0n) is 15.1. The van der Waals surface area contributed by atoms with Gasteiger partial charge in [-0.15, -0.1) is 24.0 Å². The van der Waals surface area contributed by atoms with Gasteiger partial charge in [-0.05, 0) is 44.9 Å². The zero-order chi connectivity index (χ0) is 16.4. The number of ether oxygens (including phenoxy) is 1. The van der Waals surface area contributed by atoms with Crippen molar-refractivity contribution in [3.63, 3.8) is 0 Å². The second kappa shape index (κ2) is 12.8. The lowest BCUT2D eigenvalue weighted by molar-refractivity contribution is -0.143. The van der Waals surface area contributed by atoms with Gasteiger partial charge in [-0.2, -0.15) is 0 Å². The van der Waals surface area contributed by atoms with Crippen LogP contribution in [0, 0.1) is 11.8 Å². The Kier molecular flexibility index (Phi) is 12.5. The van der Waals surface area contributed by atoms with Crippen LogP contribution in [-0.4, -0.2) is 49.6 Å². The minimum Gasteiger partial charge on any atom is -0.466 e. The Balaban J connectivity index is 0.00000484. The quantitative estimate of drug-likeness (QED) is 0.207. The molecule has 0 aliphatic carbocycles. The molecule has 0 radical (unpaired) electrons. The third kappa shape index (κ3) is 9.37. The van der Waals surface area contributed by atoms with Gasteiger partial charge in [-0.3, -0.25) is 9.79 Å². The molecule has 1 atom stereocenters. The lowest BCUT2D eigenvalue weighted by Crippen LogP contribution is -2.40. The number of likely N-dealkylation sites (tertiary alicyclic amines) is 1. The molecule has 1 fully saturated rings. The summed E-state index contributed by atoms with van der Waals surface area (Å²) in [7, 11) is 0. The third-order valence-corrected chi connectivity index (χ3v) is 3.83. The predicted octanol–water partition coefficient (Wildman–Crippen LogP) is 3.28. The number of guanidine groups is 1. The minimum absolute atomic E-state index is 0. The summed E-state index contributed by atoms with van der Waals surface area (Å²) in [5.74, 6) is 2.41. The zero-order valence-corrected chi connectivity index (χ0v) is 17.5. The number of nitrogens with one attached hydrogen (secondary N) is 1. The molecule has 1 aliphatic heterocycles. The number of carbonyl (C=O) groups is 1. The Morgan fingerprint density at radius 3 is 2.74 bits per heavy atom. The summed E-state index contributed by atoms with van der Waals surface area (Å²) in [6.45, 7) is 12.7. The van der Waals surface area contributed by atoms with E-state index in [0.717, 1.165) is 43.9 Å². The summed E-state index contributed by atoms with van der Waals surface area (Å²) in [5.41, 5.74) is 0. The van der Waals surface area contributed by atoms with Gasteiger partial charge in [0.15, 0.2) is 5.96 Å². The van der Waals surface area contributed by atoms with Crippen LogP contribution in [0.2, 0.25) is 0 Å². The Morgan fingerprint density at radius 2 is 2.13 bits per heavy atom. The van der Waals surface area contributed by atoms with Crippen LogP contribution in [-0.2, 0) is 9.53 Å². The first-order chi connectivity index (χ1) is 10.6. The molecule has 1 rings (SSSR count). The fourth-order valence-electron chi connectivity index (χ4n) is 2.95. The number of hydrogen-bond acceptors (Lipinski definition) is 3. The van der Waals surface area contributed by atoms with E-state index in [1.54, 1.807) is 0 Å². The third-order valence-electron chi connectivity index (χ3n) is 3.83. The topological polar surface area (TPSA) is 53.9 Å². The molecule has 1 heterocycles. The first-order valence-corrected chi connectivity index (χ1v) is 8.75. The van der Waals surface area contributed by atoms with E-state index in [0.29, 0.717) is 19.6 Å². The number of carbonyl (C=O) groups excluding carboxylic acids is 1.